The van der Waals surface area contributed by atoms with Gasteiger partial charge in [0.15, 0.2) is 0 Å². The number of aromatic nitrogens is 2. The number of halogens is 1. The fourth-order valence-electron chi connectivity index (χ4n) is 2.70. The lowest BCUT2D eigenvalue weighted by Crippen LogP contribution is -2.32. The Morgan fingerprint density at radius 3 is 2.56 bits per heavy atom. The van der Waals surface area contributed by atoms with E-state index in [9.17, 15) is 0 Å². The van der Waals surface area contributed by atoms with Crippen LogP contribution in [0.4, 0.5) is 5.82 Å². The van der Waals surface area contributed by atoms with Crippen molar-refractivity contribution >= 4 is 17.4 Å². The van der Waals surface area contributed by atoms with Crippen molar-refractivity contribution in [2.75, 3.05) is 11.9 Å². The summed E-state index contributed by atoms with van der Waals surface area (Å²) in [4.78, 5) is 11.1. The molecule has 0 saturated heterocycles. The van der Waals surface area contributed by atoms with Crippen molar-refractivity contribution in [3.05, 3.63) is 17.6 Å². The maximum Gasteiger partial charge on any atom is 0.136 e. The zero-order valence-electron chi connectivity index (χ0n) is 11.3. The topological polar surface area (TPSA) is 29.0 Å². The maximum absolute atomic E-state index is 5.99. The lowest BCUT2D eigenvalue weighted by molar-refractivity contribution is 0.547. The molecule has 3 nitrogen and oxygen atoms in total. The Balaban J connectivity index is 2.20. The summed E-state index contributed by atoms with van der Waals surface area (Å²) < 4.78 is 0. The molecule has 1 saturated carbocycles. The fourth-order valence-corrected chi connectivity index (χ4v) is 2.89. The van der Waals surface area contributed by atoms with Crippen LogP contribution in [0.3, 0.4) is 0 Å². The molecule has 0 amide bonds. The van der Waals surface area contributed by atoms with Crippen LogP contribution in [0.1, 0.15) is 49.9 Å². The van der Waals surface area contributed by atoms with E-state index in [0.717, 1.165) is 17.2 Å². The standard InChI is InChI=1S/C14H22ClN3/c1-11-16-10-12(9-15)14(17-11)18(2)13-7-5-3-4-6-8-13/h10,13H,3-9H2,1-2H3. The quantitative estimate of drug-likeness (QED) is 0.618. The Morgan fingerprint density at radius 1 is 1.28 bits per heavy atom. The first-order valence-electron chi connectivity index (χ1n) is 6.83. The SMILES string of the molecule is Cc1ncc(CCl)c(N(C)C2CCCCCC2)n1. The summed E-state index contributed by atoms with van der Waals surface area (Å²) in [5.41, 5.74) is 1.04. The van der Waals surface area contributed by atoms with Crippen molar-refractivity contribution in [3.63, 3.8) is 0 Å². The van der Waals surface area contributed by atoms with Crippen LogP contribution in [0.2, 0.25) is 0 Å². The highest BCUT2D eigenvalue weighted by atomic mass is 35.5. The van der Waals surface area contributed by atoms with Gasteiger partial charge < -0.3 is 4.90 Å². The Morgan fingerprint density at radius 2 is 1.94 bits per heavy atom. The average Bonchev–Trinajstić information content (AvgIpc) is 2.66. The largest absolute Gasteiger partial charge is 0.356 e. The minimum absolute atomic E-state index is 0.479. The van der Waals surface area contributed by atoms with Gasteiger partial charge in [0, 0.05) is 24.8 Å². The predicted octanol–water partition coefficient (Wildman–Crippen LogP) is 3.68. The minimum atomic E-state index is 0.479. The molecule has 0 bridgehead atoms. The summed E-state index contributed by atoms with van der Waals surface area (Å²) in [5.74, 6) is 2.32. The van der Waals surface area contributed by atoms with Crippen LogP contribution in [-0.4, -0.2) is 23.1 Å². The first-order valence-corrected chi connectivity index (χ1v) is 7.37. The molecule has 0 radical (unpaired) electrons. The molecule has 100 valence electrons. The van der Waals surface area contributed by atoms with Gasteiger partial charge in [-0.15, -0.1) is 11.6 Å². The minimum Gasteiger partial charge on any atom is -0.356 e. The highest BCUT2D eigenvalue weighted by Crippen LogP contribution is 2.27. The number of alkyl halides is 1. The van der Waals surface area contributed by atoms with Crippen LogP contribution < -0.4 is 4.90 Å². The molecule has 18 heavy (non-hydrogen) atoms. The number of hydrogen-bond acceptors (Lipinski definition) is 3. The predicted molar refractivity (Wildman–Crippen MR) is 76.2 cm³/mol. The molecule has 0 spiro atoms. The van der Waals surface area contributed by atoms with E-state index in [1.165, 1.54) is 38.5 Å². The van der Waals surface area contributed by atoms with Gasteiger partial charge in [-0.05, 0) is 19.8 Å². The summed E-state index contributed by atoms with van der Waals surface area (Å²) in [6, 6.07) is 0.601. The normalized spacial score (nSPS) is 17.5. The molecule has 1 aliphatic carbocycles. The Labute approximate surface area is 115 Å². The molecule has 1 aromatic rings. The van der Waals surface area contributed by atoms with E-state index in [2.05, 4.69) is 21.9 Å². The molecule has 1 aliphatic rings. The third-order valence-corrected chi connectivity index (χ3v) is 4.10. The van der Waals surface area contributed by atoms with Crippen LogP contribution in [0, 0.1) is 6.92 Å². The molecule has 2 rings (SSSR count). The summed E-state index contributed by atoms with van der Waals surface area (Å²) in [7, 11) is 2.15. The van der Waals surface area contributed by atoms with Crippen LogP contribution in [0.15, 0.2) is 6.20 Å². The van der Waals surface area contributed by atoms with E-state index in [0.29, 0.717) is 11.9 Å². The van der Waals surface area contributed by atoms with Crippen molar-refractivity contribution in [1.29, 1.82) is 0 Å². The summed E-state index contributed by atoms with van der Waals surface area (Å²) in [6.45, 7) is 1.93. The number of nitrogens with zero attached hydrogens (tertiary/aromatic N) is 3. The van der Waals surface area contributed by atoms with Gasteiger partial charge in [0.25, 0.3) is 0 Å². The third kappa shape index (κ3) is 3.14. The Bertz CT molecular complexity index is 387. The van der Waals surface area contributed by atoms with Gasteiger partial charge in [0.05, 0.1) is 5.88 Å². The van der Waals surface area contributed by atoms with Gasteiger partial charge >= 0.3 is 0 Å². The molecule has 1 fully saturated rings. The van der Waals surface area contributed by atoms with Crippen LogP contribution in [0.25, 0.3) is 0 Å². The first-order chi connectivity index (χ1) is 8.72. The van der Waals surface area contributed by atoms with E-state index in [-0.39, 0.29) is 0 Å². The summed E-state index contributed by atoms with van der Waals surface area (Å²) in [5, 5.41) is 0. The first kappa shape index (κ1) is 13.6. The van der Waals surface area contributed by atoms with E-state index in [1.807, 2.05) is 13.1 Å². The lowest BCUT2D eigenvalue weighted by Gasteiger charge is -2.29. The Hall–Kier alpha value is -0.830. The number of aryl methyl sites for hydroxylation is 1. The van der Waals surface area contributed by atoms with Crippen molar-refractivity contribution in [2.24, 2.45) is 0 Å². The number of hydrogen-bond donors (Lipinski definition) is 0. The van der Waals surface area contributed by atoms with Gasteiger partial charge in [-0.3, -0.25) is 0 Å². The van der Waals surface area contributed by atoms with Gasteiger partial charge in [0.1, 0.15) is 11.6 Å². The molecule has 1 aromatic heterocycles. The molecule has 0 aliphatic heterocycles. The third-order valence-electron chi connectivity index (χ3n) is 3.81. The molecular weight excluding hydrogens is 246 g/mol. The molecule has 4 heteroatoms. The van der Waals surface area contributed by atoms with Crippen LogP contribution in [-0.2, 0) is 5.88 Å². The second kappa shape index (κ2) is 6.37. The summed E-state index contributed by atoms with van der Waals surface area (Å²) >= 11 is 5.99. The molecule has 0 atom stereocenters. The van der Waals surface area contributed by atoms with Gasteiger partial charge in [0.2, 0.25) is 0 Å². The van der Waals surface area contributed by atoms with E-state index < -0.39 is 0 Å². The van der Waals surface area contributed by atoms with Crippen LogP contribution in [0.5, 0.6) is 0 Å². The lowest BCUT2D eigenvalue weighted by atomic mass is 10.1. The van der Waals surface area contributed by atoms with Gasteiger partial charge in [-0.2, -0.15) is 0 Å². The van der Waals surface area contributed by atoms with E-state index in [1.54, 1.807) is 0 Å². The highest BCUT2D eigenvalue weighted by Gasteiger charge is 2.20. The zero-order valence-corrected chi connectivity index (χ0v) is 12.1. The second-order valence-corrected chi connectivity index (χ2v) is 5.42. The van der Waals surface area contributed by atoms with Crippen molar-refractivity contribution in [3.8, 4) is 0 Å². The summed E-state index contributed by atoms with van der Waals surface area (Å²) in [6.07, 6.45) is 9.79. The van der Waals surface area contributed by atoms with Gasteiger partial charge in [-0.25, -0.2) is 9.97 Å². The number of anilines is 1. The number of rotatable bonds is 3. The highest BCUT2D eigenvalue weighted by molar-refractivity contribution is 6.17. The molecule has 1 heterocycles. The zero-order chi connectivity index (χ0) is 13.0. The molecular formula is C14H22ClN3. The van der Waals surface area contributed by atoms with E-state index in [4.69, 9.17) is 11.6 Å². The van der Waals surface area contributed by atoms with Crippen LogP contribution >= 0.6 is 11.6 Å². The van der Waals surface area contributed by atoms with Crippen molar-refractivity contribution < 1.29 is 0 Å². The Kier molecular flexibility index (Phi) is 4.81. The average molecular weight is 268 g/mol. The molecule has 0 aromatic carbocycles. The fraction of sp³-hybridized carbons (Fsp3) is 0.714. The smallest absolute Gasteiger partial charge is 0.136 e. The van der Waals surface area contributed by atoms with Crippen molar-refractivity contribution in [1.82, 2.24) is 9.97 Å². The monoisotopic (exact) mass is 267 g/mol. The second-order valence-electron chi connectivity index (χ2n) is 5.16. The molecule has 0 N–H and O–H groups in total. The maximum atomic E-state index is 5.99. The van der Waals surface area contributed by atoms with Crippen molar-refractivity contribution in [2.45, 2.75) is 57.4 Å². The van der Waals surface area contributed by atoms with E-state index >= 15 is 0 Å². The van der Waals surface area contributed by atoms with Gasteiger partial charge in [-0.1, -0.05) is 25.7 Å². The molecule has 0 unspecified atom stereocenters.